The number of nitrogens with zero attached hydrogens (tertiary/aromatic N) is 2. The van der Waals surface area contributed by atoms with Crippen LogP contribution in [0.25, 0.3) is 16.0 Å². The molecule has 0 radical (unpaired) electrons. The number of aromatic nitrogens is 1. The summed E-state index contributed by atoms with van der Waals surface area (Å²) in [5, 5.41) is 11.9. The van der Waals surface area contributed by atoms with Gasteiger partial charge in [0.15, 0.2) is 5.13 Å². The van der Waals surface area contributed by atoms with E-state index < -0.39 is 17.7 Å². The predicted molar refractivity (Wildman–Crippen MR) is 143 cm³/mol. The van der Waals surface area contributed by atoms with Crippen LogP contribution in [0.2, 0.25) is 0 Å². The predicted octanol–water partition coefficient (Wildman–Crippen LogP) is 6.11. The third kappa shape index (κ3) is 3.95. The van der Waals surface area contributed by atoms with Gasteiger partial charge in [-0.3, -0.25) is 14.5 Å². The van der Waals surface area contributed by atoms with Crippen LogP contribution in [0.5, 0.6) is 5.75 Å². The second kappa shape index (κ2) is 9.24. The number of ketones is 1. The lowest BCUT2D eigenvalue weighted by Crippen LogP contribution is -2.29. The molecule has 1 aliphatic rings. The number of thiazole rings is 1. The van der Waals surface area contributed by atoms with E-state index in [1.54, 1.807) is 13.2 Å². The van der Waals surface area contributed by atoms with Gasteiger partial charge in [-0.25, -0.2) is 4.98 Å². The van der Waals surface area contributed by atoms with Crippen molar-refractivity contribution in [2.75, 3.05) is 12.0 Å². The zero-order valence-corrected chi connectivity index (χ0v) is 21.3. The summed E-state index contributed by atoms with van der Waals surface area (Å²) in [7, 11) is 1.59. The molecular formula is C29H26N2O4S. The molecule has 0 spiro atoms. The van der Waals surface area contributed by atoms with E-state index in [1.807, 2.05) is 68.4 Å². The van der Waals surface area contributed by atoms with Crippen molar-refractivity contribution in [1.82, 2.24) is 4.98 Å². The highest BCUT2D eigenvalue weighted by atomic mass is 32.1. The first-order valence-electron chi connectivity index (χ1n) is 11.7. The molecule has 1 fully saturated rings. The van der Waals surface area contributed by atoms with Crippen LogP contribution in [0.1, 0.15) is 40.8 Å². The second-order valence-electron chi connectivity index (χ2n) is 8.91. The number of carbonyl (C=O) groups is 2. The van der Waals surface area contributed by atoms with E-state index in [-0.39, 0.29) is 11.3 Å². The van der Waals surface area contributed by atoms with Crippen molar-refractivity contribution in [3.05, 3.63) is 94.1 Å². The molecule has 1 amide bonds. The molecule has 1 aromatic heterocycles. The van der Waals surface area contributed by atoms with E-state index in [9.17, 15) is 14.7 Å². The van der Waals surface area contributed by atoms with Gasteiger partial charge in [-0.1, -0.05) is 60.2 Å². The molecule has 1 N–H and O–H groups in total. The topological polar surface area (TPSA) is 79.7 Å². The minimum absolute atomic E-state index is 0.0646. The number of fused-ring (bicyclic) bond motifs is 1. The molecule has 5 rings (SSSR count). The van der Waals surface area contributed by atoms with Crippen molar-refractivity contribution < 1.29 is 19.4 Å². The van der Waals surface area contributed by atoms with Crippen LogP contribution >= 0.6 is 11.3 Å². The molecule has 1 aliphatic heterocycles. The van der Waals surface area contributed by atoms with Crippen molar-refractivity contribution in [2.24, 2.45) is 0 Å². The highest BCUT2D eigenvalue weighted by Crippen LogP contribution is 2.45. The molecule has 182 valence electrons. The van der Waals surface area contributed by atoms with E-state index >= 15 is 0 Å². The Morgan fingerprint density at radius 2 is 1.81 bits per heavy atom. The van der Waals surface area contributed by atoms with Crippen LogP contribution in [-0.2, 0) is 16.0 Å². The largest absolute Gasteiger partial charge is 0.507 e. The summed E-state index contributed by atoms with van der Waals surface area (Å²) in [6, 6.07) is 18.1. The van der Waals surface area contributed by atoms with Gasteiger partial charge in [0.25, 0.3) is 5.78 Å². The summed E-state index contributed by atoms with van der Waals surface area (Å²) >= 11 is 1.31. The minimum atomic E-state index is -0.807. The van der Waals surface area contributed by atoms with Crippen molar-refractivity contribution in [3.8, 4) is 5.75 Å². The van der Waals surface area contributed by atoms with Gasteiger partial charge in [0.05, 0.1) is 28.9 Å². The van der Waals surface area contributed by atoms with Gasteiger partial charge in [0.1, 0.15) is 11.5 Å². The van der Waals surface area contributed by atoms with Gasteiger partial charge in [0.2, 0.25) is 0 Å². The van der Waals surface area contributed by atoms with Crippen LogP contribution in [0.3, 0.4) is 0 Å². The van der Waals surface area contributed by atoms with Crippen LogP contribution in [-0.4, -0.2) is 28.9 Å². The van der Waals surface area contributed by atoms with Crippen LogP contribution in [0.15, 0.2) is 66.2 Å². The summed E-state index contributed by atoms with van der Waals surface area (Å²) < 4.78 is 6.16. The second-order valence-corrected chi connectivity index (χ2v) is 9.92. The number of amides is 1. The Hall–Kier alpha value is -3.97. The first kappa shape index (κ1) is 23.8. The summed E-state index contributed by atoms with van der Waals surface area (Å²) in [5.74, 6) is -0.932. The molecule has 6 nitrogen and oxygen atoms in total. The fourth-order valence-electron chi connectivity index (χ4n) is 4.54. The lowest BCUT2D eigenvalue weighted by atomic mass is 9.93. The average molecular weight is 499 g/mol. The van der Waals surface area contributed by atoms with Crippen molar-refractivity contribution in [2.45, 2.75) is 33.2 Å². The highest BCUT2D eigenvalue weighted by Gasteiger charge is 2.48. The Morgan fingerprint density at radius 3 is 2.50 bits per heavy atom. The number of methoxy groups -OCH3 is 1. The third-order valence-electron chi connectivity index (χ3n) is 6.59. The zero-order chi connectivity index (χ0) is 25.6. The monoisotopic (exact) mass is 498 g/mol. The SMILES string of the molecule is CCc1ccc(C2/C(=C(\O)c3cc(C)ccc3C)C(=O)C(=O)N2c2nc3ccc(OC)cc3s2)cc1. The first-order chi connectivity index (χ1) is 17.3. The number of hydrogen-bond donors (Lipinski definition) is 1. The summed E-state index contributed by atoms with van der Waals surface area (Å²) in [5.41, 5.74) is 4.93. The van der Waals surface area contributed by atoms with Crippen molar-refractivity contribution >= 4 is 44.1 Å². The van der Waals surface area contributed by atoms with Gasteiger partial charge in [0, 0.05) is 5.56 Å². The van der Waals surface area contributed by atoms with Gasteiger partial charge in [-0.2, -0.15) is 0 Å². The molecule has 4 aromatic rings. The van der Waals surface area contributed by atoms with E-state index in [4.69, 9.17) is 4.74 Å². The average Bonchev–Trinajstić information content (AvgIpc) is 3.42. The molecule has 2 heterocycles. The molecule has 1 saturated heterocycles. The van der Waals surface area contributed by atoms with Crippen LogP contribution < -0.4 is 9.64 Å². The van der Waals surface area contributed by atoms with E-state index in [0.717, 1.165) is 33.4 Å². The minimum Gasteiger partial charge on any atom is -0.507 e. The van der Waals surface area contributed by atoms with Gasteiger partial charge >= 0.3 is 5.91 Å². The summed E-state index contributed by atoms with van der Waals surface area (Å²) in [6.45, 7) is 5.86. The maximum Gasteiger partial charge on any atom is 0.301 e. The highest BCUT2D eigenvalue weighted by molar-refractivity contribution is 7.22. The van der Waals surface area contributed by atoms with Crippen molar-refractivity contribution in [3.63, 3.8) is 0 Å². The number of carbonyl (C=O) groups excluding carboxylic acids is 2. The number of Topliss-reactive ketones (excluding diaryl/α,β-unsaturated/α-hetero) is 1. The molecule has 1 atom stereocenters. The number of benzene rings is 3. The van der Waals surface area contributed by atoms with Crippen molar-refractivity contribution in [1.29, 1.82) is 0 Å². The standard InChI is InChI=1S/C29H26N2O4S/c1-5-18-8-10-19(11-9-18)25-24(26(32)21-14-16(2)6-7-17(21)3)27(33)28(34)31(25)29-30-22-13-12-20(35-4)15-23(22)36-29/h6-15,25,32H,5H2,1-4H3/b26-24+. The number of ether oxygens (including phenoxy) is 1. The number of aliphatic hydroxyl groups excluding tert-OH is 1. The molecule has 3 aromatic carbocycles. The summed E-state index contributed by atoms with van der Waals surface area (Å²) in [6.07, 6.45) is 0.864. The molecule has 0 bridgehead atoms. The Labute approximate surface area is 213 Å². The zero-order valence-electron chi connectivity index (χ0n) is 20.5. The molecule has 0 aliphatic carbocycles. The van der Waals surface area contributed by atoms with E-state index in [2.05, 4.69) is 11.9 Å². The third-order valence-corrected chi connectivity index (χ3v) is 7.60. The summed E-state index contributed by atoms with van der Waals surface area (Å²) in [4.78, 5) is 33.0. The lowest BCUT2D eigenvalue weighted by molar-refractivity contribution is -0.132. The van der Waals surface area contributed by atoms with E-state index in [1.165, 1.54) is 16.2 Å². The van der Waals surface area contributed by atoms with Gasteiger partial charge in [-0.05, 0) is 61.2 Å². The fraction of sp³-hybridized carbons (Fsp3) is 0.207. The Balaban J connectivity index is 1.73. The normalized spacial score (nSPS) is 17.2. The van der Waals surface area contributed by atoms with Gasteiger partial charge < -0.3 is 9.84 Å². The van der Waals surface area contributed by atoms with Crippen LogP contribution in [0.4, 0.5) is 5.13 Å². The quantitative estimate of drug-likeness (QED) is 0.204. The number of hydrogen-bond acceptors (Lipinski definition) is 6. The number of anilines is 1. The van der Waals surface area contributed by atoms with Crippen LogP contribution in [0, 0.1) is 13.8 Å². The maximum atomic E-state index is 13.5. The molecule has 1 unspecified atom stereocenters. The number of aryl methyl sites for hydroxylation is 3. The van der Waals surface area contributed by atoms with Gasteiger partial charge in [-0.15, -0.1) is 0 Å². The fourth-order valence-corrected chi connectivity index (χ4v) is 5.56. The molecule has 0 saturated carbocycles. The molecular weight excluding hydrogens is 472 g/mol. The lowest BCUT2D eigenvalue weighted by Gasteiger charge is -2.23. The Bertz CT molecular complexity index is 1530. The number of aliphatic hydroxyl groups is 1. The van der Waals surface area contributed by atoms with E-state index in [0.29, 0.717) is 22.0 Å². The maximum absolute atomic E-state index is 13.5. The molecule has 36 heavy (non-hydrogen) atoms. The Morgan fingerprint density at radius 1 is 1.06 bits per heavy atom. The Kier molecular flexibility index (Phi) is 6.10. The first-order valence-corrected chi connectivity index (χ1v) is 12.6. The molecule has 7 heteroatoms. The smallest absolute Gasteiger partial charge is 0.301 e. The number of rotatable bonds is 5.